The van der Waals surface area contributed by atoms with Crippen molar-refractivity contribution >= 4 is 27.7 Å². The molecule has 4 aromatic carbocycles. The van der Waals surface area contributed by atoms with Crippen molar-refractivity contribution in [2.24, 2.45) is 5.92 Å². The molecule has 0 spiro atoms. The topological polar surface area (TPSA) is 137 Å². The monoisotopic (exact) mass is 735 g/mol. The van der Waals surface area contributed by atoms with Gasteiger partial charge in [-0.25, -0.2) is 13.1 Å². The molecule has 4 aromatic rings. The third-order valence-corrected chi connectivity index (χ3v) is 12.1. The highest BCUT2D eigenvalue weighted by Gasteiger charge is 2.48. The Bertz CT molecular complexity index is 1900. The highest BCUT2D eigenvalue weighted by atomic mass is 32.2. The molecular formula is C42H49N5O5S. The quantitative estimate of drug-likeness (QED) is 0.149. The zero-order valence-electron chi connectivity index (χ0n) is 30.3. The highest BCUT2D eigenvalue weighted by Crippen LogP contribution is 2.36. The first-order valence-corrected chi connectivity index (χ1v) is 19.9. The number of nitrogens with one attached hydrogen (secondary N) is 4. The van der Waals surface area contributed by atoms with Crippen LogP contribution in [-0.2, 0) is 30.8 Å². The maximum absolute atomic E-state index is 14.8. The van der Waals surface area contributed by atoms with Crippen LogP contribution in [0.1, 0.15) is 60.4 Å². The molecule has 2 fully saturated rings. The number of aryl methyl sites for hydroxylation is 1. The Morgan fingerprint density at radius 3 is 1.98 bits per heavy atom. The second kappa shape index (κ2) is 17.3. The van der Waals surface area contributed by atoms with E-state index in [0.29, 0.717) is 38.5 Å². The van der Waals surface area contributed by atoms with E-state index in [0.717, 1.165) is 22.3 Å². The lowest BCUT2D eigenvalue weighted by Crippen LogP contribution is -2.58. The highest BCUT2D eigenvalue weighted by molar-refractivity contribution is 7.89. The summed E-state index contributed by atoms with van der Waals surface area (Å²) in [6, 6.07) is 32.9. The summed E-state index contributed by atoms with van der Waals surface area (Å²) in [5, 5.41) is 9.43. The first kappa shape index (κ1) is 37.9. The number of carbonyl (C=O) groups excluding carboxylic acids is 3. The molecule has 278 valence electrons. The molecule has 2 heterocycles. The molecule has 2 aliphatic heterocycles. The van der Waals surface area contributed by atoms with E-state index in [4.69, 9.17) is 0 Å². The summed E-state index contributed by atoms with van der Waals surface area (Å²) >= 11 is 0. The van der Waals surface area contributed by atoms with Gasteiger partial charge in [-0.15, -0.1) is 0 Å². The molecular weight excluding hydrogens is 687 g/mol. The number of benzene rings is 4. The average Bonchev–Trinajstić information content (AvgIpc) is 3.56. The van der Waals surface area contributed by atoms with Gasteiger partial charge in [0.25, 0.3) is 0 Å². The lowest BCUT2D eigenvalue weighted by atomic mass is 9.90. The Balaban J connectivity index is 1.24. The Morgan fingerprint density at radius 2 is 1.38 bits per heavy atom. The Labute approximate surface area is 312 Å². The molecule has 4 unspecified atom stereocenters. The van der Waals surface area contributed by atoms with Crippen molar-refractivity contribution < 1.29 is 22.8 Å². The normalized spacial score (nSPS) is 20.7. The van der Waals surface area contributed by atoms with Gasteiger partial charge in [0.15, 0.2) is 0 Å². The van der Waals surface area contributed by atoms with Gasteiger partial charge in [-0.3, -0.25) is 14.4 Å². The van der Waals surface area contributed by atoms with Crippen LogP contribution < -0.4 is 20.7 Å². The van der Waals surface area contributed by atoms with Crippen LogP contribution in [0, 0.1) is 12.8 Å². The van der Waals surface area contributed by atoms with Gasteiger partial charge in [-0.05, 0) is 87.2 Å². The second-order valence-electron chi connectivity index (χ2n) is 14.1. The van der Waals surface area contributed by atoms with Gasteiger partial charge in [0, 0.05) is 12.6 Å². The van der Waals surface area contributed by atoms with Gasteiger partial charge in [-0.2, -0.15) is 0 Å². The molecule has 10 nitrogen and oxygen atoms in total. The van der Waals surface area contributed by atoms with Crippen molar-refractivity contribution in [3.05, 3.63) is 138 Å². The third-order valence-electron chi connectivity index (χ3n) is 10.6. The van der Waals surface area contributed by atoms with Gasteiger partial charge in [-0.1, -0.05) is 109 Å². The van der Waals surface area contributed by atoms with E-state index in [1.807, 2.05) is 97.9 Å². The van der Waals surface area contributed by atoms with Gasteiger partial charge >= 0.3 is 0 Å². The molecule has 0 aromatic heterocycles. The fourth-order valence-electron chi connectivity index (χ4n) is 7.68. The van der Waals surface area contributed by atoms with E-state index >= 15 is 0 Å². The predicted molar refractivity (Wildman–Crippen MR) is 205 cm³/mol. The van der Waals surface area contributed by atoms with Crippen molar-refractivity contribution in [1.29, 1.82) is 0 Å². The summed E-state index contributed by atoms with van der Waals surface area (Å²) in [5.41, 5.74) is 3.78. The zero-order valence-corrected chi connectivity index (χ0v) is 31.1. The lowest BCUT2D eigenvalue weighted by Gasteiger charge is -2.33. The molecule has 6 rings (SSSR count). The molecule has 0 radical (unpaired) electrons. The molecule has 0 aliphatic carbocycles. The molecule has 53 heavy (non-hydrogen) atoms. The number of nitrogens with zero attached hydrogens (tertiary/aromatic N) is 1. The van der Waals surface area contributed by atoms with Crippen molar-refractivity contribution in [1.82, 2.24) is 25.6 Å². The molecule has 3 amide bonds. The average molecular weight is 736 g/mol. The van der Waals surface area contributed by atoms with E-state index in [-0.39, 0.29) is 41.1 Å². The van der Waals surface area contributed by atoms with Crippen LogP contribution in [0.3, 0.4) is 0 Å². The number of rotatable bonds is 14. The summed E-state index contributed by atoms with van der Waals surface area (Å²) in [7, 11) is -2.07. The Kier molecular flexibility index (Phi) is 12.4. The molecule has 2 saturated heterocycles. The van der Waals surface area contributed by atoms with E-state index in [1.54, 1.807) is 36.2 Å². The standard InChI is InChI=1S/C42H49N5O5S/c1-29-18-23-35(24-19-29)53(51,52)44-27-26-33-20-21-34-22-25-37(41(49)45-38(31-14-8-4-9-15-31)32-16-10-5-11-17-32)47(34)42(50)39(33)46-40(48)36(43-2)28-30-12-6-3-7-13-30/h3-19,23-24,33-34,36-39,43-44H,20-22,25-28H2,1-2H3,(H,45,49)(H,46,48)/t33?,34?,36?,37-,39?/m0/s1. The molecule has 4 N–H and O–H groups in total. The zero-order chi connectivity index (χ0) is 37.4. The maximum Gasteiger partial charge on any atom is 0.246 e. The minimum Gasteiger partial charge on any atom is -0.343 e. The number of hydrogen-bond donors (Lipinski definition) is 4. The largest absolute Gasteiger partial charge is 0.343 e. The fraction of sp³-hybridized carbons (Fsp3) is 0.357. The van der Waals surface area contributed by atoms with E-state index in [9.17, 15) is 22.8 Å². The van der Waals surface area contributed by atoms with E-state index < -0.39 is 34.2 Å². The fourth-order valence-corrected chi connectivity index (χ4v) is 8.73. The van der Waals surface area contributed by atoms with Crippen LogP contribution in [0.2, 0.25) is 0 Å². The molecule has 5 atom stereocenters. The predicted octanol–water partition coefficient (Wildman–Crippen LogP) is 4.65. The summed E-state index contributed by atoms with van der Waals surface area (Å²) in [6.45, 7) is 1.98. The summed E-state index contributed by atoms with van der Waals surface area (Å²) in [6.07, 6.45) is 3.13. The molecule has 0 saturated carbocycles. The van der Waals surface area contributed by atoms with Crippen LogP contribution in [0.15, 0.2) is 120 Å². The number of sulfonamides is 1. The number of hydrogen-bond acceptors (Lipinski definition) is 6. The molecule has 0 bridgehead atoms. The van der Waals surface area contributed by atoms with Gasteiger partial charge in [0.1, 0.15) is 12.1 Å². The number of carbonyl (C=O) groups is 3. The first-order chi connectivity index (χ1) is 25.6. The van der Waals surface area contributed by atoms with Crippen molar-refractivity contribution in [2.45, 2.75) is 80.6 Å². The van der Waals surface area contributed by atoms with Crippen molar-refractivity contribution in [2.75, 3.05) is 13.6 Å². The Hall–Kier alpha value is -4.84. The smallest absolute Gasteiger partial charge is 0.246 e. The van der Waals surface area contributed by atoms with Crippen LogP contribution in [-0.4, -0.2) is 68.8 Å². The second-order valence-corrected chi connectivity index (χ2v) is 15.9. The lowest BCUT2D eigenvalue weighted by molar-refractivity contribution is -0.143. The molecule has 2 aliphatic rings. The summed E-state index contributed by atoms with van der Waals surface area (Å²) in [4.78, 5) is 44.8. The minimum atomic E-state index is -3.78. The van der Waals surface area contributed by atoms with Gasteiger partial charge < -0.3 is 20.9 Å². The van der Waals surface area contributed by atoms with Crippen LogP contribution in [0.25, 0.3) is 0 Å². The summed E-state index contributed by atoms with van der Waals surface area (Å²) < 4.78 is 29.0. The van der Waals surface area contributed by atoms with Crippen molar-refractivity contribution in [3.8, 4) is 0 Å². The number of likely N-dealkylation sites (N-methyl/N-ethyl adjacent to an activating group) is 1. The van der Waals surface area contributed by atoms with Crippen LogP contribution in [0.4, 0.5) is 0 Å². The van der Waals surface area contributed by atoms with Gasteiger partial charge in [0.2, 0.25) is 27.7 Å². The van der Waals surface area contributed by atoms with E-state index in [1.165, 1.54) is 0 Å². The number of amides is 3. The van der Waals surface area contributed by atoms with Crippen LogP contribution >= 0.6 is 0 Å². The number of fused-ring (bicyclic) bond motifs is 1. The minimum absolute atomic E-state index is 0.0877. The first-order valence-electron chi connectivity index (χ1n) is 18.4. The van der Waals surface area contributed by atoms with Crippen LogP contribution in [0.5, 0.6) is 0 Å². The third kappa shape index (κ3) is 9.22. The molecule has 11 heteroatoms. The van der Waals surface area contributed by atoms with Gasteiger partial charge in [0.05, 0.1) is 17.0 Å². The van der Waals surface area contributed by atoms with E-state index in [2.05, 4.69) is 20.7 Å². The summed E-state index contributed by atoms with van der Waals surface area (Å²) in [5.74, 6) is -1.25. The SMILES string of the molecule is CNC(Cc1ccccc1)C(=O)NC1C(=O)N2C(CCC1CCNS(=O)(=O)c1ccc(C)cc1)CC[C@H]2C(=O)NC(c1ccccc1)c1ccccc1. The Morgan fingerprint density at radius 1 is 0.792 bits per heavy atom. The maximum atomic E-state index is 14.8. The van der Waals surface area contributed by atoms with Crippen molar-refractivity contribution in [3.63, 3.8) is 0 Å².